The Bertz CT molecular complexity index is 1240. The highest BCUT2D eigenvalue weighted by Gasteiger charge is 2.19. The zero-order valence-electron chi connectivity index (χ0n) is 17.4. The van der Waals surface area contributed by atoms with Gasteiger partial charge < -0.3 is 0 Å². The van der Waals surface area contributed by atoms with Gasteiger partial charge in [0.1, 0.15) is 5.82 Å². The van der Waals surface area contributed by atoms with Crippen LogP contribution in [0.3, 0.4) is 0 Å². The van der Waals surface area contributed by atoms with Gasteiger partial charge >= 0.3 is 0 Å². The van der Waals surface area contributed by atoms with Crippen molar-refractivity contribution in [2.24, 2.45) is 0 Å². The number of fused-ring (bicyclic) bond motifs is 1. The Balaban J connectivity index is 1.70. The lowest BCUT2D eigenvalue weighted by molar-refractivity contribution is 0.514. The average Bonchev–Trinajstić information content (AvgIpc) is 3.21. The fraction of sp³-hybridized carbons (Fsp3) is 0.185. The maximum atomic E-state index is 15.0. The van der Waals surface area contributed by atoms with E-state index in [1.165, 1.54) is 0 Å². The van der Waals surface area contributed by atoms with E-state index in [0.717, 1.165) is 36.2 Å². The van der Waals surface area contributed by atoms with E-state index in [2.05, 4.69) is 6.58 Å². The maximum absolute atomic E-state index is 15.0. The van der Waals surface area contributed by atoms with Crippen molar-refractivity contribution in [3.63, 3.8) is 0 Å². The van der Waals surface area contributed by atoms with Crippen molar-refractivity contribution < 1.29 is 13.2 Å². The summed E-state index contributed by atoms with van der Waals surface area (Å²) >= 11 is 1.16. The number of thiophene rings is 1. The van der Waals surface area contributed by atoms with Crippen LogP contribution in [-0.2, 0) is 12.8 Å². The lowest BCUT2D eigenvalue weighted by atomic mass is 9.99. The van der Waals surface area contributed by atoms with Gasteiger partial charge in [-0.25, -0.2) is 13.2 Å². The van der Waals surface area contributed by atoms with Gasteiger partial charge in [-0.05, 0) is 53.5 Å². The topological polar surface area (TPSA) is 0 Å². The van der Waals surface area contributed by atoms with Crippen LogP contribution in [0.2, 0.25) is 0 Å². The number of rotatable bonds is 7. The third-order valence-corrected chi connectivity index (χ3v) is 6.65. The normalized spacial score (nSPS) is 11.2. The standard InChI is InChI=1S/C27H23F3S/c1-3-5-7-17-8-10-18(11-9-17)21-14-15-22(26(30)25(21)29)23-16-20-13-12-19(6-4-2)24(28)27(20)31-23/h3,8-16H,1,4-7H2,2H3. The van der Waals surface area contributed by atoms with Gasteiger partial charge in [0.15, 0.2) is 11.6 Å². The summed E-state index contributed by atoms with van der Waals surface area (Å²) in [5, 5.41) is 0.705. The minimum absolute atomic E-state index is 0.154. The minimum Gasteiger partial charge on any atom is -0.205 e. The Morgan fingerprint density at radius 3 is 2.26 bits per heavy atom. The summed E-state index contributed by atoms with van der Waals surface area (Å²) < 4.78 is 45.3. The number of benzene rings is 3. The van der Waals surface area contributed by atoms with Crippen LogP contribution in [0.25, 0.3) is 31.7 Å². The first kappa shape index (κ1) is 21.4. The van der Waals surface area contributed by atoms with E-state index in [4.69, 9.17) is 0 Å². The first-order chi connectivity index (χ1) is 15.0. The molecule has 158 valence electrons. The Kier molecular flexibility index (Phi) is 6.28. The molecular formula is C27H23F3S. The van der Waals surface area contributed by atoms with Crippen LogP contribution in [0.15, 0.2) is 67.3 Å². The SMILES string of the molecule is C=CCCc1ccc(-c2ccc(-c3cc4ccc(CCC)c(F)c4s3)c(F)c2F)cc1. The van der Waals surface area contributed by atoms with E-state index >= 15 is 4.39 Å². The van der Waals surface area contributed by atoms with Crippen molar-refractivity contribution >= 4 is 21.4 Å². The third-order valence-electron chi connectivity index (χ3n) is 5.48. The molecule has 0 spiro atoms. The lowest BCUT2D eigenvalue weighted by Crippen LogP contribution is -1.93. The first-order valence-corrected chi connectivity index (χ1v) is 11.2. The van der Waals surface area contributed by atoms with E-state index in [0.29, 0.717) is 32.5 Å². The van der Waals surface area contributed by atoms with Crippen LogP contribution < -0.4 is 0 Å². The van der Waals surface area contributed by atoms with Gasteiger partial charge in [-0.1, -0.05) is 61.9 Å². The summed E-state index contributed by atoms with van der Waals surface area (Å²) in [6, 6.07) is 16.0. The van der Waals surface area contributed by atoms with E-state index in [1.807, 2.05) is 31.2 Å². The van der Waals surface area contributed by atoms with Gasteiger partial charge in [-0.2, -0.15) is 0 Å². The van der Waals surface area contributed by atoms with Gasteiger partial charge in [0, 0.05) is 16.0 Å². The Morgan fingerprint density at radius 2 is 1.55 bits per heavy atom. The molecule has 0 unspecified atom stereocenters. The highest BCUT2D eigenvalue weighted by atomic mass is 32.1. The first-order valence-electron chi connectivity index (χ1n) is 10.4. The second-order valence-corrected chi connectivity index (χ2v) is 8.68. The molecule has 4 heteroatoms. The number of halogens is 3. The highest BCUT2D eigenvalue weighted by Crippen LogP contribution is 2.39. The Morgan fingerprint density at radius 1 is 0.839 bits per heavy atom. The van der Waals surface area contributed by atoms with Gasteiger partial charge in [0.25, 0.3) is 0 Å². The van der Waals surface area contributed by atoms with Crippen molar-refractivity contribution in [3.8, 4) is 21.6 Å². The monoisotopic (exact) mass is 436 g/mol. The van der Waals surface area contributed by atoms with Gasteiger partial charge in [0.2, 0.25) is 0 Å². The average molecular weight is 437 g/mol. The predicted molar refractivity (Wildman–Crippen MR) is 125 cm³/mol. The smallest absolute Gasteiger partial charge is 0.168 e. The zero-order chi connectivity index (χ0) is 22.0. The summed E-state index contributed by atoms with van der Waals surface area (Å²) in [6.45, 7) is 5.71. The molecule has 0 bridgehead atoms. The van der Waals surface area contributed by atoms with Gasteiger partial charge in [-0.15, -0.1) is 17.9 Å². The lowest BCUT2D eigenvalue weighted by Gasteiger charge is -2.09. The molecule has 0 saturated heterocycles. The fourth-order valence-electron chi connectivity index (χ4n) is 3.79. The molecule has 0 N–H and O–H groups in total. The third kappa shape index (κ3) is 4.17. The molecule has 0 atom stereocenters. The summed E-state index contributed by atoms with van der Waals surface area (Å²) in [5.41, 5.74) is 2.77. The van der Waals surface area contributed by atoms with Crippen molar-refractivity contribution in [2.75, 3.05) is 0 Å². The summed E-state index contributed by atoms with van der Waals surface area (Å²) in [7, 11) is 0. The number of allylic oxidation sites excluding steroid dienone is 1. The molecule has 3 aromatic carbocycles. The van der Waals surface area contributed by atoms with Crippen LogP contribution in [0.4, 0.5) is 13.2 Å². The largest absolute Gasteiger partial charge is 0.205 e. The van der Waals surface area contributed by atoms with Crippen LogP contribution in [0.5, 0.6) is 0 Å². The van der Waals surface area contributed by atoms with E-state index in [-0.39, 0.29) is 16.9 Å². The van der Waals surface area contributed by atoms with E-state index < -0.39 is 11.6 Å². The minimum atomic E-state index is -0.908. The predicted octanol–water partition coefficient (Wildman–Crippen LogP) is 8.72. The summed E-state index contributed by atoms with van der Waals surface area (Å²) in [5.74, 6) is -2.06. The summed E-state index contributed by atoms with van der Waals surface area (Å²) in [4.78, 5) is 0.519. The molecule has 0 amide bonds. The molecule has 0 aliphatic rings. The molecule has 4 aromatic rings. The number of hydrogen-bond acceptors (Lipinski definition) is 1. The molecular weight excluding hydrogens is 413 g/mol. The molecule has 0 fully saturated rings. The molecule has 0 aliphatic heterocycles. The van der Waals surface area contributed by atoms with Crippen molar-refractivity contribution in [1.82, 2.24) is 0 Å². The Hall–Kier alpha value is -2.85. The molecule has 4 rings (SSSR count). The van der Waals surface area contributed by atoms with Crippen molar-refractivity contribution in [2.45, 2.75) is 32.6 Å². The molecule has 0 nitrogen and oxygen atoms in total. The van der Waals surface area contributed by atoms with Crippen molar-refractivity contribution in [3.05, 3.63) is 95.8 Å². The molecule has 0 saturated carbocycles. The number of aryl methyl sites for hydroxylation is 2. The van der Waals surface area contributed by atoms with Crippen molar-refractivity contribution in [1.29, 1.82) is 0 Å². The second kappa shape index (κ2) is 9.11. The van der Waals surface area contributed by atoms with Crippen LogP contribution in [0, 0.1) is 17.5 Å². The van der Waals surface area contributed by atoms with E-state index in [1.54, 1.807) is 36.4 Å². The summed E-state index contributed by atoms with van der Waals surface area (Å²) in [6.07, 6.45) is 5.08. The molecule has 31 heavy (non-hydrogen) atoms. The van der Waals surface area contributed by atoms with E-state index in [9.17, 15) is 8.78 Å². The molecule has 1 aromatic heterocycles. The second-order valence-electron chi connectivity index (χ2n) is 7.63. The van der Waals surface area contributed by atoms with Gasteiger partial charge in [0.05, 0.1) is 4.70 Å². The van der Waals surface area contributed by atoms with Crippen LogP contribution in [-0.4, -0.2) is 0 Å². The zero-order valence-corrected chi connectivity index (χ0v) is 18.2. The molecule has 0 aliphatic carbocycles. The highest BCUT2D eigenvalue weighted by molar-refractivity contribution is 7.22. The molecule has 1 heterocycles. The van der Waals surface area contributed by atoms with Gasteiger partial charge in [-0.3, -0.25) is 0 Å². The fourth-order valence-corrected chi connectivity index (χ4v) is 4.93. The Labute approximate surface area is 184 Å². The van der Waals surface area contributed by atoms with Crippen LogP contribution in [0.1, 0.15) is 30.9 Å². The molecule has 0 radical (unpaired) electrons. The van der Waals surface area contributed by atoms with Crippen LogP contribution >= 0.6 is 11.3 Å². The maximum Gasteiger partial charge on any atom is 0.168 e. The number of hydrogen-bond donors (Lipinski definition) is 0. The quantitative estimate of drug-likeness (QED) is 0.254.